The largest absolute Gasteiger partial charge is 0.378 e. The first-order chi connectivity index (χ1) is 6.40. The quantitative estimate of drug-likeness (QED) is 0.591. The van der Waals surface area contributed by atoms with Gasteiger partial charge in [0.1, 0.15) is 0 Å². The molecule has 0 aromatic carbocycles. The second-order valence-corrected chi connectivity index (χ2v) is 4.79. The molecule has 0 unspecified atom stereocenters. The predicted octanol–water partition coefficient (Wildman–Crippen LogP) is 2.62. The molecule has 72 valence electrons. The standard InChI is InChI=1S/C12H18O/c1-2-13-12-7-8-6-11(12)10-5-3-4-9(8)10/h3-4,8-12H,2,5-7H2,1H3/t8-,9-,10-,11-,12+/m1/s1. The average Bonchev–Trinajstić information content (AvgIpc) is 2.72. The summed E-state index contributed by atoms with van der Waals surface area (Å²) < 4.78 is 5.82. The van der Waals surface area contributed by atoms with Gasteiger partial charge in [0, 0.05) is 6.61 Å². The lowest BCUT2D eigenvalue weighted by molar-refractivity contribution is -0.000889. The van der Waals surface area contributed by atoms with Crippen LogP contribution in [-0.4, -0.2) is 12.7 Å². The molecule has 0 aromatic heterocycles. The van der Waals surface area contributed by atoms with Gasteiger partial charge in [-0.2, -0.15) is 0 Å². The highest BCUT2D eigenvalue weighted by Gasteiger charge is 2.52. The van der Waals surface area contributed by atoms with Crippen molar-refractivity contribution >= 4 is 0 Å². The van der Waals surface area contributed by atoms with E-state index in [4.69, 9.17) is 4.74 Å². The van der Waals surface area contributed by atoms with Gasteiger partial charge in [0.15, 0.2) is 0 Å². The minimum atomic E-state index is 0.608. The number of ether oxygens (including phenoxy) is 1. The van der Waals surface area contributed by atoms with Crippen LogP contribution in [0.15, 0.2) is 12.2 Å². The summed E-state index contributed by atoms with van der Waals surface area (Å²) in [4.78, 5) is 0. The van der Waals surface area contributed by atoms with E-state index in [0.717, 1.165) is 30.3 Å². The zero-order valence-corrected chi connectivity index (χ0v) is 8.28. The Hall–Kier alpha value is -0.300. The van der Waals surface area contributed by atoms with Gasteiger partial charge in [0.2, 0.25) is 0 Å². The monoisotopic (exact) mass is 178 g/mol. The normalized spacial score (nSPS) is 51.6. The topological polar surface area (TPSA) is 9.23 Å². The Morgan fingerprint density at radius 3 is 3.08 bits per heavy atom. The average molecular weight is 178 g/mol. The Kier molecular flexibility index (Phi) is 1.76. The molecule has 2 bridgehead atoms. The lowest BCUT2D eigenvalue weighted by Crippen LogP contribution is -2.30. The summed E-state index contributed by atoms with van der Waals surface area (Å²) >= 11 is 0. The Labute approximate surface area is 80.2 Å². The first-order valence-corrected chi connectivity index (χ1v) is 5.68. The van der Waals surface area contributed by atoms with E-state index in [1.807, 2.05) is 0 Å². The fraction of sp³-hybridized carbons (Fsp3) is 0.833. The Morgan fingerprint density at radius 2 is 2.23 bits per heavy atom. The molecule has 0 aliphatic heterocycles. The van der Waals surface area contributed by atoms with E-state index in [-0.39, 0.29) is 0 Å². The van der Waals surface area contributed by atoms with Crippen molar-refractivity contribution in [3.63, 3.8) is 0 Å². The van der Waals surface area contributed by atoms with E-state index < -0.39 is 0 Å². The first-order valence-electron chi connectivity index (χ1n) is 5.68. The van der Waals surface area contributed by atoms with Crippen molar-refractivity contribution < 1.29 is 4.74 Å². The molecule has 0 spiro atoms. The van der Waals surface area contributed by atoms with E-state index in [1.54, 1.807) is 0 Å². The number of hydrogen-bond donors (Lipinski definition) is 0. The van der Waals surface area contributed by atoms with Crippen LogP contribution in [0.3, 0.4) is 0 Å². The summed E-state index contributed by atoms with van der Waals surface area (Å²) in [5.41, 5.74) is 0. The van der Waals surface area contributed by atoms with Crippen molar-refractivity contribution in [1.82, 2.24) is 0 Å². The van der Waals surface area contributed by atoms with Gasteiger partial charge in [-0.05, 0) is 49.9 Å². The zero-order chi connectivity index (χ0) is 8.84. The SMILES string of the molecule is CCO[C@H]1C[C@H]2C[C@@H]1[C@@H]1CC=C[C@H]21. The fourth-order valence-corrected chi connectivity index (χ4v) is 3.90. The molecular weight excluding hydrogens is 160 g/mol. The molecule has 1 heteroatoms. The summed E-state index contributed by atoms with van der Waals surface area (Å²) in [7, 11) is 0. The summed E-state index contributed by atoms with van der Waals surface area (Å²) in [5.74, 6) is 3.74. The molecule has 0 heterocycles. The van der Waals surface area contributed by atoms with Crippen LogP contribution >= 0.6 is 0 Å². The number of allylic oxidation sites excluding steroid dienone is 2. The highest BCUT2D eigenvalue weighted by Crippen LogP contribution is 2.57. The molecule has 0 N–H and O–H groups in total. The van der Waals surface area contributed by atoms with Crippen LogP contribution in [0.2, 0.25) is 0 Å². The van der Waals surface area contributed by atoms with Crippen molar-refractivity contribution in [2.45, 2.75) is 32.3 Å². The van der Waals surface area contributed by atoms with Crippen molar-refractivity contribution in [1.29, 1.82) is 0 Å². The second kappa shape index (κ2) is 2.84. The predicted molar refractivity (Wildman–Crippen MR) is 52.4 cm³/mol. The molecule has 2 fully saturated rings. The van der Waals surface area contributed by atoms with E-state index >= 15 is 0 Å². The Balaban J connectivity index is 1.76. The smallest absolute Gasteiger partial charge is 0.0609 e. The maximum atomic E-state index is 5.82. The van der Waals surface area contributed by atoms with Crippen LogP contribution in [-0.2, 0) is 4.74 Å². The molecule has 0 amide bonds. The van der Waals surface area contributed by atoms with Crippen molar-refractivity contribution in [3.8, 4) is 0 Å². The van der Waals surface area contributed by atoms with E-state index in [9.17, 15) is 0 Å². The summed E-state index contributed by atoms with van der Waals surface area (Å²) in [6.07, 6.45) is 9.58. The molecule has 3 rings (SSSR count). The number of hydrogen-bond acceptors (Lipinski definition) is 1. The van der Waals surface area contributed by atoms with Crippen molar-refractivity contribution in [3.05, 3.63) is 12.2 Å². The summed E-state index contributed by atoms with van der Waals surface area (Å²) in [6.45, 7) is 3.02. The minimum Gasteiger partial charge on any atom is -0.378 e. The van der Waals surface area contributed by atoms with Gasteiger partial charge in [-0.3, -0.25) is 0 Å². The van der Waals surface area contributed by atoms with E-state index in [2.05, 4.69) is 19.1 Å². The Morgan fingerprint density at radius 1 is 1.31 bits per heavy atom. The third-order valence-corrected chi connectivity index (χ3v) is 4.32. The summed E-state index contributed by atoms with van der Waals surface area (Å²) in [6, 6.07) is 0. The van der Waals surface area contributed by atoms with Crippen LogP contribution in [0.5, 0.6) is 0 Å². The van der Waals surface area contributed by atoms with Gasteiger partial charge < -0.3 is 4.74 Å². The van der Waals surface area contributed by atoms with Crippen LogP contribution in [0.1, 0.15) is 26.2 Å². The third-order valence-electron chi connectivity index (χ3n) is 4.32. The first kappa shape index (κ1) is 8.05. The van der Waals surface area contributed by atoms with Crippen molar-refractivity contribution in [2.24, 2.45) is 23.7 Å². The molecule has 3 aliphatic rings. The molecule has 5 atom stereocenters. The molecule has 3 aliphatic carbocycles. The van der Waals surface area contributed by atoms with Crippen LogP contribution < -0.4 is 0 Å². The molecular formula is C12H18O. The van der Waals surface area contributed by atoms with Crippen LogP contribution in [0.4, 0.5) is 0 Å². The van der Waals surface area contributed by atoms with Gasteiger partial charge in [-0.15, -0.1) is 0 Å². The maximum absolute atomic E-state index is 5.82. The maximum Gasteiger partial charge on any atom is 0.0609 e. The fourth-order valence-electron chi connectivity index (χ4n) is 3.90. The van der Waals surface area contributed by atoms with Gasteiger partial charge in [0.25, 0.3) is 0 Å². The lowest BCUT2D eigenvalue weighted by atomic mass is 9.80. The summed E-state index contributed by atoms with van der Waals surface area (Å²) in [5, 5.41) is 0. The minimum absolute atomic E-state index is 0.608. The number of rotatable bonds is 2. The van der Waals surface area contributed by atoms with Crippen LogP contribution in [0.25, 0.3) is 0 Å². The molecule has 0 radical (unpaired) electrons. The zero-order valence-electron chi connectivity index (χ0n) is 8.28. The molecule has 0 aromatic rings. The Bertz CT molecular complexity index is 233. The highest BCUT2D eigenvalue weighted by atomic mass is 16.5. The van der Waals surface area contributed by atoms with Gasteiger partial charge in [-0.1, -0.05) is 12.2 Å². The van der Waals surface area contributed by atoms with E-state index in [0.29, 0.717) is 6.10 Å². The van der Waals surface area contributed by atoms with Gasteiger partial charge in [-0.25, -0.2) is 0 Å². The van der Waals surface area contributed by atoms with Crippen molar-refractivity contribution in [2.75, 3.05) is 6.61 Å². The van der Waals surface area contributed by atoms with Gasteiger partial charge >= 0.3 is 0 Å². The number of fused-ring (bicyclic) bond motifs is 5. The molecule has 13 heavy (non-hydrogen) atoms. The second-order valence-electron chi connectivity index (χ2n) is 4.79. The van der Waals surface area contributed by atoms with Gasteiger partial charge in [0.05, 0.1) is 6.10 Å². The highest BCUT2D eigenvalue weighted by molar-refractivity contribution is 5.14. The molecule has 2 saturated carbocycles. The third kappa shape index (κ3) is 1.03. The lowest BCUT2D eigenvalue weighted by Gasteiger charge is -2.31. The van der Waals surface area contributed by atoms with E-state index in [1.165, 1.54) is 19.3 Å². The molecule has 1 nitrogen and oxygen atoms in total. The molecule has 0 saturated heterocycles. The van der Waals surface area contributed by atoms with Crippen LogP contribution in [0, 0.1) is 23.7 Å².